The number of allylic oxidation sites excluding steroid dienone is 2. The fourth-order valence-corrected chi connectivity index (χ4v) is 9.08. The van der Waals surface area contributed by atoms with Gasteiger partial charge in [-0.1, -0.05) is 0 Å². The fourth-order valence-electron chi connectivity index (χ4n) is 3.33. The van der Waals surface area contributed by atoms with Crippen LogP contribution < -0.4 is 15.9 Å². The Morgan fingerprint density at radius 2 is 1.15 bits per heavy atom. The van der Waals surface area contributed by atoms with E-state index in [2.05, 4.69) is 42.5 Å². The molecule has 0 bridgehead atoms. The van der Waals surface area contributed by atoms with Crippen LogP contribution in [0.2, 0.25) is 0 Å². The van der Waals surface area contributed by atoms with Gasteiger partial charge in [0.1, 0.15) is 0 Å². The van der Waals surface area contributed by atoms with Gasteiger partial charge in [0.05, 0.1) is 0 Å². The third-order valence-electron chi connectivity index (χ3n) is 4.80. The van der Waals surface area contributed by atoms with Crippen molar-refractivity contribution in [3.63, 3.8) is 0 Å². The van der Waals surface area contributed by atoms with Gasteiger partial charge in [0, 0.05) is 0 Å². The van der Waals surface area contributed by atoms with E-state index < -0.39 is 5.96 Å². The van der Waals surface area contributed by atoms with Crippen LogP contribution in [-0.2, 0) is 0 Å². The van der Waals surface area contributed by atoms with Gasteiger partial charge in [-0.25, -0.2) is 0 Å². The van der Waals surface area contributed by atoms with Crippen LogP contribution in [0, 0.1) is 11.3 Å². The molecule has 0 aliphatic carbocycles. The van der Waals surface area contributed by atoms with Gasteiger partial charge < -0.3 is 0 Å². The maximum absolute atomic E-state index is 9.28. The molecule has 0 N–H and O–H groups in total. The van der Waals surface area contributed by atoms with Crippen LogP contribution in [-0.4, -0.2) is 6.16 Å². The first-order valence-electron chi connectivity index (χ1n) is 8.56. The van der Waals surface area contributed by atoms with Gasteiger partial charge in [0.25, 0.3) is 0 Å². The number of benzene rings is 3. The summed E-state index contributed by atoms with van der Waals surface area (Å²) in [6, 6.07) is 33.1. The number of nitriles is 1. The Morgan fingerprint density at radius 1 is 0.808 bits per heavy atom. The second-order valence-corrected chi connectivity index (χ2v) is 12.9. The Morgan fingerprint density at radius 3 is 1.46 bits per heavy atom. The summed E-state index contributed by atoms with van der Waals surface area (Å²) >= 11 is 7.85. The molecule has 130 valence electrons. The van der Waals surface area contributed by atoms with Gasteiger partial charge in [-0.15, -0.1) is 0 Å². The predicted molar refractivity (Wildman–Crippen MR) is 115 cm³/mol. The molecule has 0 saturated heterocycles. The van der Waals surface area contributed by atoms with Gasteiger partial charge in [-0.05, 0) is 0 Å². The Hall–Kier alpha value is -2.39. The van der Waals surface area contributed by atoms with Crippen LogP contribution >= 0.6 is 17.2 Å². The van der Waals surface area contributed by atoms with E-state index in [0.29, 0.717) is 11.7 Å². The van der Waals surface area contributed by atoms with Crippen LogP contribution in [0.25, 0.3) is 0 Å². The zero-order valence-corrected chi connectivity index (χ0v) is 16.4. The van der Waals surface area contributed by atoms with Crippen LogP contribution in [0.3, 0.4) is 0 Å². The Bertz CT molecular complexity index is 844. The van der Waals surface area contributed by atoms with Crippen molar-refractivity contribution in [1.82, 2.24) is 0 Å². The summed E-state index contributed by atoms with van der Waals surface area (Å²) in [4.78, 5) is 0. The van der Waals surface area contributed by atoms with Crippen LogP contribution in [0.4, 0.5) is 0 Å². The van der Waals surface area contributed by atoms with Crippen molar-refractivity contribution in [3.8, 4) is 6.07 Å². The van der Waals surface area contributed by atoms with Gasteiger partial charge >= 0.3 is 160 Å². The van der Waals surface area contributed by atoms with Crippen molar-refractivity contribution in [2.24, 2.45) is 0 Å². The van der Waals surface area contributed by atoms with Gasteiger partial charge in [0.2, 0.25) is 0 Å². The van der Waals surface area contributed by atoms with E-state index in [0.717, 1.165) is 15.9 Å². The normalized spacial score (nSPS) is 13.4. The molecule has 3 aromatic rings. The van der Waals surface area contributed by atoms with Crippen molar-refractivity contribution in [2.45, 2.75) is 6.92 Å². The van der Waals surface area contributed by atoms with Crippen LogP contribution in [0.5, 0.6) is 0 Å². The second-order valence-electron chi connectivity index (χ2n) is 6.37. The van der Waals surface area contributed by atoms with Gasteiger partial charge in [-0.3, -0.25) is 0 Å². The SMILES string of the molecule is CC(C#N)=CCP(Cl)(c1ccccc1)(c1ccccc1)c1ccccc1. The summed E-state index contributed by atoms with van der Waals surface area (Å²) in [7, 11) is 0. The fraction of sp³-hybridized carbons (Fsp3) is 0.0870. The molecule has 1 nitrogen and oxygen atoms in total. The van der Waals surface area contributed by atoms with E-state index in [-0.39, 0.29) is 0 Å². The van der Waals surface area contributed by atoms with E-state index in [1.54, 1.807) is 0 Å². The molecule has 26 heavy (non-hydrogen) atoms. The first kappa shape index (κ1) is 18.4. The molecule has 0 aliphatic rings. The number of hydrogen-bond donors (Lipinski definition) is 0. The first-order valence-corrected chi connectivity index (χ1v) is 11.9. The average Bonchev–Trinajstić information content (AvgIpc) is 2.74. The van der Waals surface area contributed by atoms with Crippen molar-refractivity contribution in [2.75, 3.05) is 6.16 Å². The minimum absolute atomic E-state index is 0.602. The molecule has 0 fully saturated rings. The summed E-state index contributed by atoms with van der Waals surface area (Å²) in [5.74, 6) is -3.27. The molecule has 0 atom stereocenters. The maximum atomic E-state index is 9.28. The molecule has 3 heteroatoms. The molecule has 0 spiro atoms. The predicted octanol–water partition coefficient (Wildman–Crippen LogP) is 5.14. The first-order chi connectivity index (χ1) is 12.6. The van der Waals surface area contributed by atoms with Gasteiger partial charge in [0.15, 0.2) is 0 Å². The summed E-state index contributed by atoms with van der Waals surface area (Å²) < 4.78 is 0. The quantitative estimate of drug-likeness (QED) is 0.446. The number of hydrogen-bond acceptors (Lipinski definition) is 1. The Kier molecular flexibility index (Phi) is 5.28. The third-order valence-corrected chi connectivity index (χ3v) is 12.0. The zero-order chi connectivity index (χ0) is 18.5. The molecular weight excluding hydrogens is 357 g/mol. The van der Waals surface area contributed by atoms with Crippen LogP contribution in [0.1, 0.15) is 6.92 Å². The van der Waals surface area contributed by atoms with E-state index in [4.69, 9.17) is 11.2 Å². The Balaban J connectivity index is 2.41. The molecule has 0 radical (unpaired) electrons. The van der Waals surface area contributed by atoms with Crippen molar-refractivity contribution in [3.05, 3.63) is 103 Å². The molecule has 0 aliphatic heterocycles. The standard InChI is InChI=1S/C23H21ClNP/c1-20(19-25)17-18-26(24,21-11-5-2-6-12-21,22-13-7-3-8-14-22)23-15-9-4-10-16-23/h2-17H,18H2,1H3. The topological polar surface area (TPSA) is 23.8 Å². The third kappa shape index (κ3) is 3.08. The van der Waals surface area contributed by atoms with E-state index >= 15 is 0 Å². The van der Waals surface area contributed by atoms with E-state index in [1.165, 1.54) is 0 Å². The summed E-state index contributed by atoms with van der Waals surface area (Å²) in [6.07, 6.45) is 2.59. The molecule has 0 aromatic heterocycles. The average molecular weight is 378 g/mol. The second kappa shape index (κ2) is 7.46. The molecule has 0 heterocycles. The van der Waals surface area contributed by atoms with Crippen molar-refractivity contribution >= 4 is 33.1 Å². The summed E-state index contributed by atoms with van der Waals surface area (Å²) in [5, 5.41) is 12.6. The monoisotopic (exact) mass is 377 g/mol. The van der Waals surface area contributed by atoms with Crippen molar-refractivity contribution < 1.29 is 0 Å². The molecule has 0 amide bonds. The molecule has 3 aromatic carbocycles. The molecular formula is C23H21ClNP. The number of nitrogens with zero attached hydrogens (tertiary/aromatic N) is 1. The van der Waals surface area contributed by atoms with Crippen LogP contribution in [0.15, 0.2) is 103 Å². The molecule has 3 rings (SSSR count). The Labute approximate surface area is 160 Å². The number of rotatable bonds is 5. The zero-order valence-electron chi connectivity index (χ0n) is 14.7. The van der Waals surface area contributed by atoms with E-state index in [1.807, 2.05) is 67.6 Å². The number of halogens is 1. The molecule has 0 saturated carbocycles. The summed E-state index contributed by atoms with van der Waals surface area (Å²) in [6.45, 7) is 1.83. The summed E-state index contributed by atoms with van der Waals surface area (Å²) in [5.41, 5.74) is 0.683. The van der Waals surface area contributed by atoms with Gasteiger partial charge in [-0.2, -0.15) is 0 Å². The minimum atomic E-state index is -3.27. The molecule has 0 unspecified atom stereocenters. The van der Waals surface area contributed by atoms with Crippen molar-refractivity contribution in [1.29, 1.82) is 5.26 Å². The van der Waals surface area contributed by atoms with E-state index in [9.17, 15) is 5.26 Å².